The number of aromatic nitrogens is 2. The van der Waals surface area contributed by atoms with E-state index in [-0.39, 0.29) is 0 Å². The molecule has 0 saturated carbocycles. The summed E-state index contributed by atoms with van der Waals surface area (Å²) in [7, 11) is 0. The normalized spacial score (nSPS) is 13.1. The van der Waals surface area contributed by atoms with Crippen molar-refractivity contribution in [1.29, 1.82) is 0 Å². The number of imidazole rings is 1. The molecule has 0 aliphatic rings. The van der Waals surface area contributed by atoms with Gasteiger partial charge in [-0.25, -0.2) is 14.3 Å². The minimum Gasteiger partial charge on any atom is -0.443 e. The van der Waals surface area contributed by atoms with Crippen LogP contribution in [-0.2, 0) is 4.74 Å². The largest absolute Gasteiger partial charge is 0.443 e. The summed E-state index contributed by atoms with van der Waals surface area (Å²) in [5.74, 6) is 0. The fourth-order valence-corrected chi connectivity index (χ4v) is 1.57. The second-order valence-electron chi connectivity index (χ2n) is 5.30. The Morgan fingerprint density at radius 2 is 2.00 bits per heavy atom. The van der Waals surface area contributed by atoms with Crippen LogP contribution in [0.15, 0.2) is 18.5 Å². The number of hydrogen-bond acceptors (Lipinski definition) is 3. The third-order valence-corrected chi connectivity index (χ3v) is 2.53. The molecule has 0 aliphatic heterocycles. The first-order valence-electron chi connectivity index (χ1n) is 6.36. The van der Waals surface area contributed by atoms with E-state index in [1.165, 1.54) is 10.9 Å². The zero-order chi connectivity index (χ0) is 14.6. The summed E-state index contributed by atoms with van der Waals surface area (Å²) in [6.07, 6.45) is 6.80. The van der Waals surface area contributed by atoms with Crippen molar-refractivity contribution in [3.05, 3.63) is 29.9 Å². The van der Waals surface area contributed by atoms with Crippen molar-refractivity contribution in [3.8, 4) is 0 Å². The van der Waals surface area contributed by atoms with Crippen molar-refractivity contribution in [2.75, 3.05) is 0 Å². The van der Waals surface area contributed by atoms with Gasteiger partial charge in [0.15, 0.2) is 0 Å². The van der Waals surface area contributed by atoms with Crippen molar-refractivity contribution in [2.24, 2.45) is 0 Å². The predicted octanol–water partition coefficient (Wildman–Crippen LogP) is 4.12. The zero-order valence-corrected chi connectivity index (χ0v) is 12.5. The van der Waals surface area contributed by atoms with Gasteiger partial charge < -0.3 is 4.74 Å². The molecule has 0 aliphatic carbocycles. The molecule has 1 heterocycles. The molecule has 0 atom stereocenters. The van der Waals surface area contributed by atoms with Gasteiger partial charge in [0.1, 0.15) is 11.9 Å². The summed E-state index contributed by atoms with van der Waals surface area (Å²) in [6, 6.07) is 0. The molecule has 0 fully saturated rings. The Balaban J connectivity index is 3.22. The van der Waals surface area contributed by atoms with E-state index in [0.29, 0.717) is 0 Å². The Morgan fingerprint density at radius 1 is 1.37 bits per heavy atom. The highest BCUT2D eigenvalue weighted by atomic mass is 16.6. The Kier molecular flexibility index (Phi) is 4.70. The average Bonchev–Trinajstić information content (AvgIpc) is 2.70. The first-order valence-corrected chi connectivity index (χ1v) is 6.36. The van der Waals surface area contributed by atoms with Gasteiger partial charge in [0.25, 0.3) is 0 Å². The third-order valence-electron chi connectivity index (χ3n) is 2.53. The predicted molar refractivity (Wildman–Crippen MR) is 77.9 cm³/mol. The monoisotopic (exact) mass is 262 g/mol. The van der Waals surface area contributed by atoms with E-state index in [1.807, 2.05) is 59.8 Å². The molecule has 0 aromatic carbocycles. The summed E-state index contributed by atoms with van der Waals surface area (Å²) in [5, 5.41) is 0. The van der Waals surface area contributed by atoms with E-state index in [1.54, 1.807) is 0 Å². The van der Waals surface area contributed by atoms with Gasteiger partial charge in [-0.15, -0.1) is 0 Å². The number of carbonyl (C=O) groups is 1. The topological polar surface area (TPSA) is 44.1 Å². The maximum absolute atomic E-state index is 12.1. The summed E-state index contributed by atoms with van der Waals surface area (Å²) in [6.45, 7) is 11.3. The SMILES string of the molecule is CC=Cc1c(C(C)=CC)ncn1C(=O)OC(C)(C)C. The van der Waals surface area contributed by atoms with E-state index < -0.39 is 11.7 Å². The van der Waals surface area contributed by atoms with Gasteiger partial charge in [0.2, 0.25) is 0 Å². The Morgan fingerprint density at radius 3 is 2.47 bits per heavy atom. The number of carbonyl (C=O) groups excluding carboxylic acids is 1. The van der Waals surface area contributed by atoms with Crippen LogP contribution in [0.5, 0.6) is 0 Å². The molecular weight excluding hydrogens is 240 g/mol. The van der Waals surface area contributed by atoms with E-state index in [9.17, 15) is 4.79 Å². The van der Waals surface area contributed by atoms with Crippen LogP contribution >= 0.6 is 0 Å². The maximum atomic E-state index is 12.1. The molecule has 0 amide bonds. The summed E-state index contributed by atoms with van der Waals surface area (Å²) < 4.78 is 6.81. The quantitative estimate of drug-likeness (QED) is 0.805. The van der Waals surface area contributed by atoms with Crippen molar-refractivity contribution in [2.45, 2.75) is 47.1 Å². The molecule has 1 aromatic heterocycles. The molecule has 1 aromatic rings. The lowest BCUT2D eigenvalue weighted by Gasteiger charge is -2.19. The molecule has 0 unspecified atom stereocenters. The molecule has 0 N–H and O–H groups in total. The number of allylic oxidation sites excluding steroid dienone is 3. The van der Waals surface area contributed by atoms with E-state index in [0.717, 1.165) is 17.0 Å². The van der Waals surface area contributed by atoms with Gasteiger partial charge in [-0.2, -0.15) is 0 Å². The van der Waals surface area contributed by atoms with Crippen LogP contribution in [0, 0.1) is 0 Å². The van der Waals surface area contributed by atoms with Gasteiger partial charge in [0, 0.05) is 0 Å². The summed E-state index contributed by atoms with van der Waals surface area (Å²) in [5.41, 5.74) is 2.04. The Bertz CT molecular complexity index is 517. The number of ether oxygens (including phenoxy) is 1. The Hall–Kier alpha value is -1.84. The lowest BCUT2D eigenvalue weighted by molar-refractivity contribution is 0.0535. The highest BCUT2D eigenvalue weighted by molar-refractivity contribution is 5.78. The average molecular weight is 262 g/mol. The van der Waals surface area contributed by atoms with Crippen molar-refractivity contribution in [1.82, 2.24) is 9.55 Å². The highest BCUT2D eigenvalue weighted by Gasteiger charge is 2.21. The molecule has 0 spiro atoms. The molecule has 1 rings (SSSR count). The fourth-order valence-electron chi connectivity index (χ4n) is 1.57. The standard InChI is InChI=1S/C15H22N2O2/c1-7-9-12-13(11(3)8-2)16-10-17(12)14(18)19-15(4,5)6/h7-10H,1-6H3. The van der Waals surface area contributed by atoms with Crippen LogP contribution in [0.2, 0.25) is 0 Å². The van der Waals surface area contributed by atoms with E-state index >= 15 is 0 Å². The molecule has 0 bridgehead atoms. The Labute approximate surface area is 114 Å². The van der Waals surface area contributed by atoms with Crippen LogP contribution < -0.4 is 0 Å². The molecule has 104 valence electrons. The minimum atomic E-state index is -0.523. The molecule has 4 nitrogen and oxygen atoms in total. The number of rotatable bonds is 2. The summed E-state index contributed by atoms with van der Waals surface area (Å²) >= 11 is 0. The minimum absolute atomic E-state index is 0.414. The number of hydrogen-bond donors (Lipinski definition) is 0. The maximum Gasteiger partial charge on any atom is 0.420 e. The number of nitrogens with zero attached hydrogens (tertiary/aromatic N) is 2. The third kappa shape index (κ3) is 3.81. The van der Waals surface area contributed by atoms with Crippen molar-refractivity contribution >= 4 is 17.7 Å². The summed E-state index contributed by atoms with van der Waals surface area (Å²) in [4.78, 5) is 16.4. The van der Waals surface area contributed by atoms with Crippen LogP contribution in [0.1, 0.15) is 52.9 Å². The lowest BCUT2D eigenvalue weighted by Crippen LogP contribution is -2.27. The highest BCUT2D eigenvalue weighted by Crippen LogP contribution is 2.20. The lowest BCUT2D eigenvalue weighted by atomic mass is 10.1. The van der Waals surface area contributed by atoms with Crippen LogP contribution in [0.3, 0.4) is 0 Å². The first kappa shape index (κ1) is 15.2. The second-order valence-corrected chi connectivity index (χ2v) is 5.30. The van der Waals surface area contributed by atoms with E-state index in [4.69, 9.17) is 4.74 Å². The molecule has 0 saturated heterocycles. The fraction of sp³-hybridized carbons (Fsp3) is 0.467. The van der Waals surface area contributed by atoms with Crippen LogP contribution in [-0.4, -0.2) is 21.2 Å². The van der Waals surface area contributed by atoms with Crippen molar-refractivity contribution in [3.63, 3.8) is 0 Å². The molecule has 0 radical (unpaired) electrons. The molecular formula is C15H22N2O2. The van der Waals surface area contributed by atoms with Crippen molar-refractivity contribution < 1.29 is 9.53 Å². The van der Waals surface area contributed by atoms with Crippen LogP contribution in [0.4, 0.5) is 4.79 Å². The van der Waals surface area contributed by atoms with Gasteiger partial charge in [-0.3, -0.25) is 0 Å². The van der Waals surface area contributed by atoms with Crippen LogP contribution in [0.25, 0.3) is 11.6 Å². The van der Waals surface area contributed by atoms with Gasteiger partial charge in [-0.05, 0) is 53.2 Å². The van der Waals surface area contributed by atoms with Gasteiger partial charge in [0.05, 0.1) is 11.4 Å². The van der Waals surface area contributed by atoms with Gasteiger partial charge >= 0.3 is 6.09 Å². The van der Waals surface area contributed by atoms with Gasteiger partial charge in [-0.1, -0.05) is 12.2 Å². The zero-order valence-electron chi connectivity index (χ0n) is 12.5. The van der Waals surface area contributed by atoms with E-state index in [2.05, 4.69) is 4.98 Å². The molecule has 4 heteroatoms. The second kappa shape index (κ2) is 5.87. The molecule has 19 heavy (non-hydrogen) atoms. The smallest absolute Gasteiger partial charge is 0.420 e. The first-order chi connectivity index (χ1) is 8.80.